The largest absolute Gasteiger partial charge is 0.365 e. The Morgan fingerprint density at radius 3 is 2.65 bits per heavy atom. The fourth-order valence-corrected chi connectivity index (χ4v) is 4.95. The Bertz CT molecular complexity index is 1540. The van der Waals surface area contributed by atoms with Crippen LogP contribution in [0.4, 0.5) is 23.1 Å². The van der Waals surface area contributed by atoms with Crippen LogP contribution in [0.15, 0.2) is 60.8 Å². The van der Waals surface area contributed by atoms with E-state index in [4.69, 9.17) is 0 Å². The average Bonchev–Trinajstić information content (AvgIpc) is 3.59. The summed E-state index contributed by atoms with van der Waals surface area (Å²) in [6.45, 7) is 1.94. The highest BCUT2D eigenvalue weighted by molar-refractivity contribution is 7.92. The van der Waals surface area contributed by atoms with Crippen LogP contribution in [0.3, 0.4) is 0 Å². The molecule has 0 unspecified atom stereocenters. The van der Waals surface area contributed by atoms with Gasteiger partial charge in [-0.25, -0.2) is 8.42 Å². The molecule has 0 saturated carbocycles. The lowest BCUT2D eigenvalue weighted by molar-refractivity contribution is 0.0793. The van der Waals surface area contributed by atoms with E-state index in [0.29, 0.717) is 40.9 Å². The summed E-state index contributed by atoms with van der Waals surface area (Å²) in [5, 5.41) is 7.36. The second-order valence-corrected chi connectivity index (χ2v) is 11.1. The summed E-state index contributed by atoms with van der Waals surface area (Å²) in [5.41, 5.74) is 3.38. The molecule has 2 aromatic carbocycles. The van der Waals surface area contributed by atoms with Gasteiger partial charge in [-0.05, 0) is 48.7 Å². The van der Waals surface area contributed by atoms with E-state index < -0.39 is 10.0 Å². The highest BCUT2D eigenvalue weighted by Crippen LogP contribution is 2.26. The quantitative estimate of drug-likeness (QED) is 0.322. The van der Waals surface area contributed by atoms with Gasteiger partial charge in [-0.3, -0.25) is 9.10 Å². The summed E-state index contributed by atoms with van der Waals surface area (Å²) in [7, 11) is -1.87. The predicted octanol–water partition coefficient (Wildman–Crippen LogP) is 3.95. The van der Waals surface area contributed by atoms with Crippen LogP contribution in [0.1, 0.15) is 28.8 Å². The smallest absolute Gasteiger partial charge is 0.253 e. The van der Waals surface area contributed by atoms with Gasteiger partial charge in [0.05, 0.1) is 17.3 Å². The third-order valence-corrected chi connectivity index (χ3v) is 7.64. The van der Waals surface area contributed by atoms with E-state index in [1.54, 1.807) is 18.3 Å². The summed E-state index contributed by atoms with van der Waals surface area (Å²) in [5.74, 6) is 0.988. The maximum Gasteiger partial charge on any atom is 0.253 e. The fourth-order valence-electron chi connectivity index (χ4n) is 4.42. The van der Waals surface area contributed by atoms with Crippen molar-refractivity contribution in [2.75, 3.05) is 41.3 Å². The van der Waals surface area contributed by atoms with Crippen molar-refractivity contribution >= 4 is 50.1 Å². The molecule has 3 heterocycles. The zero-order valence-corrected chi connectivity index (χ0v) is 21.5. The minimum absolute atomic E-state index is 0.0296. The highest BCUT2D eigenvalue weighted by Gasteiger charge is 2.20. The molecule has 11 heteroatoms. The van der Waals surface area contributed by atoms with Crippen LogP contribution in [0.25, 0.3) is 11.0 Å². The number of fused-ring (bicyclic) bond motifs is 1. The van der Waals surface area contributed by atoms with E-state index in [0.717, 1.165) is 36.9 Å². The van der Waals surface area contributed by atoms with Crippen LogP contribution in [-0.4, -0.2) is 60.6 Å². The third kappa shape index (κ3) is 5.36. The summed E-state index contributed by atoms with van der Waals surface area (Å²) in [6, 6.07) is 16.5. The second-order valence-electron chi connectivity index (χ2n) is 9.05. The second kappa shape index (κ2) is 10.1. The molecule has 1 saturated heterocycles. The number of H-pyrrole nitrogens is 1. The molecule has 4 aromatic rings. The first kappa shape index (κ1) is 24.6. The van der Waals surface area contributed by atoms with Crippen molar-refractivity contribution in [2.45, 2.75) is 19.4 Å². The van der Waals surface area contributed by atoms with Crippen LogP contribution < -0.4 is 14.9 Å². The Kier molecular flexibility index (Phi) is 6.70. The molecule has 5 rings (SSSR count). The van der Waals surface area contributed by atoms with Gasteiger partial charge in [0.15, 0.2) is 0 Å². The molecule has 0 spiro atoms. The molecule has 2 aromatic heterocycles. The van der Waals surface area contributed by atoms with Gasteiger partial charge in [-0.2, -0.15) is 9.97 Å². The van der Waals surface area contributed by atoms with Crippen LogP contribution in [0.5, 0.6) is 0 Å². The van der Waals surface area contributed by atoms with Crippen molar-refractivity contribution < 1.29 is 13.2 Å². The number of anilines is 4. The van der Waals surface area contributed by atoms with E-state index in [2.05, 4.69) is 25.6 Å². The highest BCUT2D eigenvalue weighted by atomic mass is 32.2. The molecule has 1 aliphatic rings. The number of sulfonamides is 1. The normalized spacial score (nSPS) is 13.6. The van der Waals surface area contributed by atoms with Gasteiger partial charge in [-0.15, -0.1) is 0 Å². The summed E-state index contributed by atoms with van der Waals surface area (Å²) in [6.07, 6.45) is 5.04. The van der Waals surface area contributed by atoms with Crippen molar-refractivity contribution in [3.05, 3.63) is 71.9 Å². The van der Waals surface area contributed by atoms with Gasteiger partial charge in [-0.1, -0.05) is 24.3 Å². The number of carbonyl (C=O) groups excluding carboxylic acids is 1. The number of benzene rings is 2. The molecule has 1 fully saturated rings. The molecule has 192 valence electrons. The zero-order chi connectivity index (χ0) is 26.0. The van der Waals surface area contributed by atoms with Crippen molar-refractivity contribution in [1.29, 1.82) is 0 Å². The SMILES string of the molecule is CN(c1ccccc1CNc1nc(Nc2cccc(C(=O)N3CCCC3)c2)nc2[nH]ccc12)S(C)(=O)=O. The number of rotatable bonds is 8. The number of nitrogens with zero attached hydrogens (tertiary/aromatic N) is 4. The number of nitrogens with one attached hydrogen (secondary N) is 3. The predicted molar refractivity (Wildman–Crippen MR) is 146 cm³/mol. The minimum atomic E-state index is -3.41. The molecule has 0 radical (unpaired) electrons. The first-order valence-electron chi connectivity index (χ1n) is 12.1. The summed E-state index contributed by atoms with van der Waals surface area (Å²) >= 11 is 0. The molecule has 37 heavy (non-hydrogen) atoms. The van der Waals surface area contributed by atoms with Crippen molar-refractivity contribution in [1.82, 2.24) is 19.9 Å². The van der Waals surface area contributed by atoms with E-state index >= 15 is 0 Å². The molecular formula is C26H29N7O3S. The minimum Gasteiger partial charge on any atom is -0.365 e. The van der Waals surface area contributed by atoms with Crippen LogP contribution in [-0.2, 0) is 16.6 Å². The van der Waals surface area contributed by atoms with Gasteiger partial charge < -0.3 is 20.5 Å². The summed E-state index contributed by atoms with van der Waals surface area (Å²) < 4.78 is 25.5. The van der Waals surface area contributed by atoms with Gasteiger partial charge in [0.2, 0.25) is 16.0 Å². The van der Waals surface area contributed by atoms with Crippen molar-refractivity contribution in [3.8, 4) is 0 Å². The number of para-hydroxylation sites is 1. The van der Waals surface area contributed by atoms with E-state index in [-0.39, 0.29) is 5.91 Å². The number of amides is 1. The van der Waals surface area contributed by atoms with Crippen LogP contribution in [0, 0.1) is 0 Å². The molecule has 1 amide bonds. The number of aromatic nitrogens is 3. The monoisotopic (exact) mass is 519 g/mol. The van der Waals surface area contributed by atoms with Gasteiger partial charge in [0, 0.05) is 44.1 Å². The number of likely N-dealkylation sites (tertiary alicyclic amines) is 1. The van der Waals surface area contributed by atoms with Crippen LogP contribution in [0.2, 0.25) is 0 Å². The Morgan fingerprint density at radius 1 is 1.08 bits per heavy atom. The number of hydrogen-bond acceptors (Lipinski definition) is 7. The fraction of sp³-hybridized carbons (Fsp3) is 0.269. The first-order valence-corrected chi connectivity index (χ1v) is 13.9. The van der Waals surface area contributed by atoms with E-state index in [1.165, 1.54) is 17.6 Å². The summed E-state index contributed by atoms with van der Waals surface area (Å²) in [4.78, 5) is 27.1. The van der Waals surface area contributed by atoms with Gasteiger partial charge in [0.1, 0.15) is 11.5 Å². The van der Waals surface area contributed by atoms with E-state index in [1.807, 2.05) is 47.4 Å². The van der Waals surface area contributed by atoms with E-state index in [9.17, 15) is 13.2 Å². The molecule has 1 aliphatic heterocycles. The molecule has 0 bridgehead atoms. The number of hydrogen-bond donors (Lipinski definition) is 3. The first-order chi connectivity index (χ1) is 17.8. The van der Waals surface area contributed by atoms with Gasteiger partial charge >= 0.3 is 0 Å². The maximum atomic E-state index is 12.8. The third-order valence-electron chi connectivity index (χ3n) is 6.45. The molecule has 3 N–H and O–H groups in total. The number of carbonyl (C=O) groups is 1. The Hall–Kier alpha value is -4.12. The molecule has 0 atom stereocenters. The van der Waals surface area contributed by atoms with Crippen molar-refractivity contribution in [3.63, 3.8) is 0 Å². The number of aromatic amines is 1. The molecule has 0 aliphatic carbocycles. The zero-order valence-electron chi connectivity index (χ0n) is 20.7. The lowest BCUT2D eigenvalue weighted by atomic mass is 10.1. The Balaban J connectivity index is 1.39. The standard InChI is InChI=1S/C26H29N7O3S/c1-32(37(2,35)36)22-11-4-3-8-19(22)17-28-24-21-12-13-27-23(21)30-26(31-24)29-20-10-7-9-18(16-20)25(34)33-14-5-6-15-33/h3-4,7-13,16H,5-6,14-15,17H2,1-2H3,(H3,27,28,29,30,31). The lowest BCUT2D eigenvalue weighted by Crippen LogP contribution is -2.27. The lowest BCUT2D eigenvalue weighted by Gasteiger charge is -2.20. The van der Waals surface area contributed by atoms with Crippen molar-refractivity contribution in [2.24, 2.45) is 0 Å². The topological polar surface area (TPSA) is 123 Å². The van der Waals surface area contributed by atoms with Gasteiger partial charge in [0.25, 0.3) is 5.91 Å². The molecular weight excluding hydrogens is 490 g/mol. The molecule has 10 nitrogen and oxygen atoms in total. The maximum absolute atomic E-state index is 12.8. The Morgan fingerprint density at radius 2 is 1.86 bits per heavy atom. The average molecular weight is 520 g/mol. The Labute approximate surface area is 215 Å². The van der Waals surface area contributed by atoms with Crippen LogP contribution >= 0.6 is 0 Å².